The highest BCUT2D eigenvalue weighted by Gasteiger charge is 2.22. The smallest absolute Gasteiger partial charge is 0.325 e. The van der Waals surface area contributed by atoms with Crippen molar-refractivity contribution in [1.29, 1.82) is 0 Å². The number of hydrogen-bond donors (Lipinski definition) is 0. The molecule has 106 valence electrons. The first kappa shape index (κ1) is 14.6. The van der Waals surface area contributed by atoms with Crippen LogP contribution in [0.2, 0.25) is 0 Å². The van der Waals surface area contributed by atoms with Gasteiger partial charge in [-0.05, 0) is 25.1 Å². The summed E-state index contributed by atoms with van der Waals surface area (Å²) in [4.78, 5) is 24.8. The predicted molar refractivity (Wildman–Crippen MR) is 77.6 cm³/mol. The molecule has 0 unspecified atom stereocenters. The standard InChI is InChI=1S/C14H14BrNO4/c1-8-10-6-9(15)4-5-11(10)20-13(8)14(18)16(2)7-12(17)19-3/h4-6H,7H2,1-3H3. The topological polar surface area (TPSA) is 59.8 Å². The maximum absolute atomic E-state index is 12.3. The molecule has 2 aromatic rings. The molecule has 0 aliphatic carbocycles. The third-order valence-corrected chi connectivity index (χ3v) is 3.53. The Bertz CT molecular complexity index is 677. The molecule has 0 bridgehead atoms. The number of likely N-dealkylation sites (N-methyl/N-ethyl adjacent to an activating group) is 1. The molecule has 2 rings (SSSR count). The third-order valence-electron chi connectivity index (χ3n) is 3.03. The van der Waals surface area contributed by atoms with E-state index in [0.29, 0.717) is 5.58 Å². The second kappa shape index (κ2) is 5.66. The number of rotatable bonds is 3. The summed E-state index contributed by atoms with van der Waals surface area (Å²) in [7, 11) is 2.81. The number of esters is 1. The van der Waals surface area contributed by atoms with Gasteiger partial charge < -0.3 is 14.1 Å². The Balaban J connectivity index is 2.35. The molecule has 0 aliphatic heterocycles. The molecule has 0 spiro atoms. The van der Waals surface area contributed by atoms with Crippen LogP contribution in [0.15, 0.2) is 27.1 Å². The molecule has 0 N–H and O–H groups in total. The number of fused-ring (bicyclic) bond motifs is 1. The molecule has 1 heterocycles. The molecule has 0 radical (unpaired) electrons. The average molecular weight is 340 g/mol. The number of aryl methyl sites for hydroxylation is 1. The summed E-state index contributed by atoms with van der Waals surface area (Å²) in [5, 5.41) is 0.870. The van der Waals surface area contributed by atoms with Gasteiger partial charge >= 0.3 is 5.97 Å². The van der Waals surface area contributed by atoms with Crippen LogP contribution in [0.1, 0.15) is 16.1 Å². The summed E-state index contributed by atoms with van der Waals surface area (Å²) < 4.78 is 11.0. The van der Waals surface area contributed by atoms with Crippen LogP contribution in [0.3, 0.4) is 0 Å². The van der Waals surface area contributed by atoms with E-state index in [1.54, 1.807) is 6.07 Å². The highest BCUT2D eigenvalue weighted by molar-refractivity contribution is 9.10. The maximum atomic E-state index is 12.3. The monoisotopic (exact) mass is 339 g/mol. The zero-order valence-corrected chi connectivity index (χ0v) is 13.0. The first-order valence-corrected chi connectivity index (χ1v) is 6.74. The average Bonchev–Trinajstić information content (AvgIpc) is 2.75. The first-order valence-electron chi connectivity index (χ1n) is 5.95. The fraction of sp³-hybridized carbons (Fsp3) is 0.286. The molecular formula is C14H14BrNO4. The third kappa shape index (κ3) is 2.70. The minimum absolute atomic E-state index is 0.116. The van der Waals surface area contributed by atoms with E-state index in [9.17, 15) is 9.59 Å². The summed E-state index contributed by atoms with van der Waals surface area (Å²) in [6.45, 7) is 1.70. The van der Waals surface area contributed by atoms with Gasteiger partial charge in [0.05, 0.1) is 7.11 Å². The quantitative estimate of drug-likeness (QED) is 0.806. The van der Waals surface area contributed by atoms with Gasteiger partial charge in [-0.25, -0.2) is 0 Å². The Labute approximate surface area is 124 Å². The summed E-state index contributed by atoms with van der Waals surface area (Å²) in [6.07, 6.45) is 0. The second-order valence-corrected chi connectivity index (χ2v) is 5.35. The fourth-order valence-corrected chi connectivity index (χ4v) is 2.26. The van der Waals surface area contributed by atoms with Crippen LogP contribution in [0, 0.1) is 6.92 Å². The number of carbonyl (C=O) groups is 2. The van der Waals surface area contributed by atoms with E-state index in [-0.39, 0.29) is 18.2 Å². The van der Waals surface area contributed by atoms with Crippen LogP contribution in [0.25, 0.3) is 11.0 Å². The lowest BCUT2D eigenvalue weighted by Gasteiger charge is -2.14. The zero-order chi connectivity index (χ0) is 14.9. The van der Waals surface area contributed by atoms with Crippen molar-refractivity contribution in [1.82, 2.24) is 4.90 Å². The van der Waals surface area contributed by atoms with Crippen molar-refractivity contribution in [2.75, 3.05) is 20.7 Å². The highest BCUT2D eigenvalue weighted by atomic mass is 79.9. The first-order chi connectivity index (χ1) is 9.43. The van der Waals surface area contributed by atoms with Crippen molar-refractivity contribution < 1.29 is 18.7 Å². The normalized spacial score (nSPS) is 10.6. The lowest BCUT2D eigenvalue weighted by Crippen LogP contribution is -2.32. The van der Waals surface area contributed by atoms with Gasteiger partial charge in [0.1, 0.15) is 12.1 Å². The van der Waals surface area contributed by atoms with Crippen LogP contribution < -0.4 is 0 Å². The number of furan rings is 1. The minimum atomic E-state index is -0.475. The molecular weight excluding hydrogens is 326 g/mol. The van der Waals surface area contributed by atoms with E-state index < -0.39 is 5.97 Å². The van der Waals surface area contributed by atoms with Crippen molar-refractivity contribution in [3.05, 3.63) is 34.0 Å². The van der Waals surface area contributed by atoms with Gasteiger partial charge in [-0.2, -0.15) is 0 Å². The molecule has 20 heavy (non-hydrogen) atoms. The Hall–Kier alpha value is -1.82. The van der Waals surface area contributed by atoms with Gasteiger partial charge in [0, 0.05) is 22.5 Å². The number of hydrogen-bond acceptors (Lipinski definition) is 4. The van der Waals surface area contributed by atoms with Gasteiger partial charge in [-0.15, -0.1) is 0 Å². The largest absolute Gasteiger partial charge is 0.468 e. The number of methoxy groups -OCH3 is 1. The van der Waals surface area contributed by atoms with Crippen molar-refractivity contribution >= 4 is 38.8 Å². The van der Waals surface area contributed by atoms with E-state index in [1.165, 1.54) is 19.1 Å². The summed E-state index contributed by atoms with van der Waals surface area (Å²) in [5.41, 5.74) is 1.39. The number of amides is 1. The van der Waals surface area contributed by atoms with Crippen molar-refractivity contribution in [2.24, 2.45) is 0 Å². The van der Waals surface area contributed by atoms with E-state index in [2.05, 4.69) is 20.7 Å². The molecule has 1 amide bonds. The molecule has 0 fully saturated rings. The molecule has 0 atom stereocenters. The van der Waals surface area contributed by atoms with E-state index >= 15 is 0 Å². The van der Waals surface area contributed by atoms with Gasteiger partial charge in [-0.3, -0.25) is 9.59 Å². The highest BCUT2D eigenvalue weighted by Crippen LogP contribution is 2.28. The molecule has 0 aliphatic rings. The lowest BCUT2D eigenvalue weighted by molar-refractivity contribution is -0.141. The van der Waals surface area contributed by atoms with Crippen molar-refractivity contribution in [3.8, 4) is 0 Å². The maximum Gasteiger partial charge on any atom is 0.325 e. The SMILES string of the molecule is COC(=O)CN(C)C(=O)c1oc2ccc(Br)cc2c1C. The Morgan fingerprint density at radius 3 is 2.75 bits per heavy atom. The Morgan fingerprint density at radius 2 is 2.10 bits per heavy atom. The molecule has 5 nitrogen and oxygen atoms in total. The molecule has 6 heteroatoms. The van der Waals surface area contributed by atoms with Crippen LogP contribution in [0.5, 0.6) is 0 Å². The van der Waals surface area contributed by atoms with Gasteiger partial charge in [0.25, 0.3) is 5.91 Å². The summed E-state index contributed by atoms with van der Waals surface area (Å²) in [5.74, 6) is -0.581. The van der Waals surface area contributed by atoms with E-state index in [0.717, 1.165) is 15.4 Å². The van der Waals surface area contributed by atoms with E-state index in [4.69, 9.17) is 4.42 Å². The number of carbonyl (C=O) groups excluding carboxylic acids is 2. The van der Waals surface area contributed by atoms with Gasteiger partial charge in [0.15, 0.2) is 5.76 Å². The Morgan fingerprint density at radius 1 is 1.40 bits per heavy atom. The summed E-state index contributed by atoms with van der Waals surface area (Å²) in [6, 6.07) is 5.53. The van der Waals surface area contributed by atoms with Crippen LogP contribution in [-0.4, -0.2) is 37.5 Å². The number of halogens is 1. The van der Waals surface area contributed by atoms with Crippen LogP contribution in [-0.2, 0) is 9.53 Å². The van der Waals surface area contributed by atoms with Crippen molar-refractivity contribution in [3.63, 3.8) is 0 Å². The van der Waals surface area contributed by atoms with Gasteiger partial charge in [0.2, 0.25) is 0 Å². The number of ether oxygens (including phenoxy) is 1. The minimum Gasteiger partial charge on any atom is -0.468 e. The molecule has 0 saturated carbocycles. The number of benzene rings is 1. The van der Waals surface area contributed by atoms with Crippen molar-refractivity contribution in [2.45, 2.75) is 6.92 Å². The van der Waals surface area contributed by atoms with Crippen LogP contribution >= 0.6 is 15.9 Å². The van der Waals surface area contributed by atoms with E-state index in [1.807, 2.05) is 19.1 Å². The van der Waals surface area contributed by atoms with Crippen LogP contribution in [0.4, 0.5) is 0 Å². The van der Waals surface area contributed by atoms with Gasteiger partial charge in [-0.1, -0.05) is 15.9 Å². The lowest BCUT2D eigenvalue weighted by atomic mass is 10.1. The zero-order valence-electron chi connectivity index (χ0n) is 11.4. The molecule has 1 aromatic carbocycles. The number of nitrogens with zero attached hydrogens (tertiary/aromatic N) is 1. The predicted octanol–water partition coefficient (Wildman–Crippen LogP) is 2.75. The Kier molecular flexibility index (Phi) is 4.13. The second-order valence-electron chi connectivity index (χ2n) is 4.43. The fourth-order valence-electron chi connectivity index (χ4n) is 1.90. The molecule has 0 saturated heterocycles. The summed E-state index contributed by atoms with van der Waals surface area (Å²) >= 11 is 3.39. The molecule has 1 aromatic heterocycles.